The van der Waals surface area contributed by atoms with Gasteiger partial charge < -0.3 is 4.90 Å². The van der Waals surface area contributed by atoms with Crippen molar-refractivity contribution >= 4 is 17.5 Å². The third kappa shape index (κ3) is 4.82. The Hall–Kier alpha value is -1.02. The fourth-order valence-corrected chi connectivity index (χ4v) is 3.17. The van der Waals surface area contributed by atoms with E-state index in [0.29, 0.717) is 31.3 Å². The van der Waals surface area contributed by atoms with Crippen molar-refractivity contribution in [3.63, 3.8) is 0 Å². The molecule has 1 amide bonds. The number of carbonyl (C=O) groups excluding carboxylic acids is 1. The highest BCUT2D eigenvalue weighted by Crippen LogP contribution is 2.27. The Bertz CT molecular complexity index is 401. The predicted molar refractivity (Wildman–Crippen MR) is 83.8 cm³/mol. The van der Waals surface area contributed by atoms with Gasteiger partial charge in [0.2, 0.25) is 5.91 Å². The summed E-state index contributed by atoms with van der Waals surface area (Å²) in [4.78, 5) is 14.4. The van der Waals surface area contributed by atoms with E-state index in [1.165, 1.54) is 37.7 Å². The molecule has 3 heteroatoms. The molecular weight excluding hydrogens is 270 g/mol. The van der Waals surface area contributed by atoms with Gasteiger partial charge in [-0.15, -0.1) is 11.6 Å². The number of nitrogens with zero attached hydrogens (tertiary/aromatic N) is 1. The minimum Gasteiger partial charge on any atom is -0.337 e. The molecule has 0 N–H and O–H groups in total. The SMILES string of the molecule is O=C(CC1CCCCC1)N(CCCl)Cc1ccccc1. The van der Waals surface area contributed by atoms with E-state index in [1.807, 2.05) is 23.1 Å². The van der Waals surface area contributed by atoms with Crippen molar-refractivity contribution in [1.82, 2.24) is 4.90 Å². The molecule has 0 bridgehead atoms. The topological polar surface area (TPSA) is 20.3 Å². The first-order chi connectivity index (χ1) is 9.79. The van der Waals surface area contributed by atoms with E-state index in [2.05, 4.69) is 12.1 Å². The number of hydrogen-bond donors (Lipinski definition) is 0. The lowest BCUT2D eigenvalue weighted by atomic mass is 9.86. The quantitative estimate of drug-likeness (QED) is 0.719. The van der Waals surface area contributed by atoms with Crippen LogP contribution in [-0.2, 0) is 11.3 Å². The monoisotopic (exact) mass is 293 g/mol. The first-order valence-corrected chi connectivity index (χ1v) is 8.20. The van der Waals surface area contributed by atoms with Crippen molar-refractivity contribution in [1.29, 1.82) is 0 Å². The second kappa shape index (κ2) is 8.31. The molecule has 1 aromatic rings. The van der Waals surface area contributed by atoms with Gasteiger partial charge in [0.1, 0.15) is 0 Å². The third-order valence-electron chi connectivity index (χ3n) is 4.11. The number of benzene rings is 1. The Balaban J connectivity index is 1.91. The van der Waals surface area contributed by atoms with Crippen molar-refractivity contribution < 1.29 is 4.79 Å². The maximum absolute atomic E-state index is 12.5. The summed E-state index contributed by atoms with van der Waals surface area (Å²) in [7, 11) is 0. The van der Waals surface area contributed by atoms with Crippen molar-refractivity contribution in [2.75, 3.05) is 12.4 Å². The van der Waals surface area contributed by atoms with E-state index >= 15 is 0 Å². The summed E-state index contributed by atoms with van der Waals surface area (Å²) < 4.78 is 0. The summed E-state index contributed by atoms with van der Waals surface area (Å²) in [6, 6.07) is 10.2. The highest BCUT2D eigenvalue weighted by atomic mass is 35.5. The fourth-order valence-electron chi connectivity index (χ4n) is 2.97. The maximum Gasteiger partial charge on any atom is 0.223 e. The normalized spacial score (nSPS) is 16.1. The van der Waals surface area contributed by atoms with E-state index in [-0.39, 0.29) is 5.91 Å². The lowest BCUT2D eigenvalue weighted by Gasteiger charge is -2.26. The second-order valence-corrected chi connectivity index (χ2v) is 6.08. The first-order valence-electron chi connectivity index (χ1n) is 7.67. The van der Waals surface area contributed by atoms with Crippen LogP contribution in [-0.4, -0.2) is 23.2 Å². The maximum atomic E-state index is 12.5. The minimum atomic E-state index is 0.265. The summed E-state index contributed by atoms with van der Waals surface area (Å²) in [6.07, 6.45) is 7.03. The van der Waals surface area contributed by atoms with Gasteiger partial charge in [0, 0.05) is 25.4 Å². The Morgan fingerprint density at radius 2 is 1.85 bits per heavy atom. The zero-order valence-electron chi connectivity index (χ0n) is 12.1. The Morgan fingerprint density at radius 1 is 1.15 bits per heavy atom. The molecule has 1 aliphatic carbocycles. The van der Waals surface area contributed by atoms with Crippen LogP contribution in [0.4, 0.5) is 0 Å². The minimum absolute atomic E-state index is 0.265. The average Bonchev–Trinajstić information content (AvgIpc) is 2.49. The van der Waals surface area contributed by atoms with Gasteiger partial charge in [-0.05, 0) is 24.3 Å². The van der Waals surface area contributed by atoms with Crippen LogP contribution in [0.2, 0.25) is 0 Å². The lowest BCUT2D eigenvalue weighted by Crippen LogP contribution is -2.33. The van der Waals surface area contributed by atoms with E-state index in [0.717, 1.165) is 0 Å². The highest BCUT2D eigenvalue weighted by molar-refractivity contribution is 6.18. The Labute approximate surface area is 127 Å². The smallest absolute Gasteiger partial charge is 0.223 e. The average molecular weight is 294 g/mol. The summed E-state index contributed by atoms with van der Waals surface area (Å²) in [5.41, 5.74) is 1.18. The van der Waals surface area contributed by atoms with Gasteiger partial charge in [-0.2, -0.15) is 0 Å². The summed E-state index contributed by atoms with van der Waals surface area (Å²) in [5, 5.41) is 0. The van der Waals surface area contributed by atoms with Crippen LogP contribution in [0.3, 0.4) is 0 Å². The van der Waals surface area contributed by atoms with Gasteiger partial charge in [-0.25, -0.2) is 0 Å². The standard InChI is InChI=1S/C17H24ClNO/c18-11-12-19(14-16-9-5-2-6-10-16)17(20)13-15-7-3-1-4-8-15/h2,5-6,9-10,15H,1,3-4,7-8,11-14H2. The highest BCUT2D eigenvalue weighted by Gasteiger charge is 2.20. The molecule has 1 fully saturated rings. The number of halogens is 1. The second-order valence-electron chi connectivity index (χ2n) is 5.70. The summed E-state index contributed by atoms with van der Waals surface area (Å²) in [6.45, 7) is 1.32. The molecule has 110 valence electrons. The molecular formula is C17H24ClNO. The van der Waals surface area contributed by atoms with E-state index in [1.54, 1.807) is 0 Å². The number of amides is 1. The molecule has 0 unspecified atom stereocenters. The molecule has 0 aromatic heterocycles. The van der Waals surface area contributed by atoms with Crippen LogP contribution in [0, 0.1) is 5.92 Å². The molecule has 1 saturated carbocycles. The van der Waals surface area contributed by atoms with Gasteiger partial charge in [-0.3, -0.25) is 4.79 Å². The molecule has 0 saturated heterocycles. The zero-order valence-corrected chi connectivity index (χ0v) is 12.8. The molecule has 2 nitrogen and oxygen atoms in total. The third-order valence-corrected chi connectivity index (χ3v) is 4.28. The van der Waals surface area contributed by atoms with Crippen molar-refractivity contribution in [3.8, 4) is 0 Å². The van der Waals surface area contributed by atoms with Gasteiger partial charge >= 0.3 is 0 Å². The van der Waals surface area contributed by atoms with Gasteiger partial charge in [0.25, 0.3) is 0 Å². The van der Waals surface area contributed by atoms with Crippen molar-refractivity contribution in [3.05, 3.63) is 35.9 Å². The van der Waals surface area contributed by atoms with Gasteiger partial charge in [-0.1, -0.05) is 49.6 Å². The van der Waals surface area contributed by atoms with Crippen LogP contribution in [0.5, 0.6) is 0 Å². The molecule has 0 aliphatic heterocycles. The first kappa shape index (κ1) is 15.4. The predicted octanol–water partition coefficient (Wildman–Crippen LogP) is 4.22. The van der Waals surface area contributed by atoms with Crippen molar-refractivity contribution in [2.24, 2.45) is 5.92 Å². The Kier molecular flexibility index (Phi) is 6.38. The molecule has 20 heavy (non-hydrogen) atoms. The summed E-state index contributed by atoms with van der Waals surface area (Å²) in [5.74, 6) is 1.36. The van der Waals surface area contributed by atoms with E-state index < -0.39 is 0 Å². The molecule has 1 aromatic carbocycles. The zero-order chi connectivity index (χ0) is 14.2. The van der Waals surface area contributed by atoms with Crippen LogP contribution in [0.25, 0.3) is 0 Å². The molecule has 2 rings (SSSR count). The van der Waals surface area contributed by atoms with Crippen LogP contribution in [0.1, 0.15) is 44.1 Å². The molecule has 1 aliphatic rings. The number of hydrogen-bond acceptors (Lipinski definition) is 1. The Morgan fingerprint density at radius 3 is 2.50 bits per heavy atom. The number of carbonyl (C=O) groups is 1. The van der Waals surface area contributed by atoms with Crippen LogP contribution < -0.4 is 0 Å². The fraction of sp³-hybridized carbons (Fsp3) is 0.588. The van der Waals surface area contributed by atoms with Gasteiger partial charge in [0.05, 0.1) is 0 Å². The molecule has 0 spiro atoms. The number of rotatable bonds is 6. The molecule has 0 atom stereocenters. The van der Waals surface area contributed by atoms with Crippen LogP contribution in [0.15, 0.2) is 30.3 Å². The van der Waals surface area contributed by atoms with E-state index in [9.17, 15) is 4.79 Å². The lowest BCUT2D eigenvalue weighted by molar-refractivity contribution is -0.132. The summed E-state index contributed by atoms with van der Waals surface area (Å²) >= 11 is 5.86. The van der Waals surface area contributed by atoms with Gasteiger partial charge in [0.15, 0.2) is 0 Å². The molecule has 0 radical (unpaired) electrons. The molecule has 0 heterocycles. The van der Waals surface area contributed by atoms with Crippen molar-refractivity contribution in [2.45, 2.75) is 45.1 Å². The number of alkyl halides is 1. The largest absolute Gasteiger partial charge is 0.337 e. The van der Waals surface area contributed by atoms with E-state index in [4.69, 9.17) is 11.6 Å². The van der Waals surface area contributed by atoms with Crippen LogP contribution >= 0.6 is 11.6 Å².